The summed E-state index contributed by atoms with van der Waals surface area (Å²) in [6.45, 7) is 1.14. The van der Waals surface area contributed by atoms with Crippen molar-refractivity contribution in [1.82, 2.24) is 19.9 Å². The van der Waals surface area contributed by atoms with Gasteiger partial charge in [-0.15, -0.1) is 11.3 Å². The largest absolute Gasteiger partial charge is 0.433 e. The molecule has 3 heterocycles. The number of hydrogen-bond donors (Lipinski definition) is 2. The molecule has 0 bridgehead atoms. The van der Waals surface area contributed by atoms with Crippen molar-refractivity contribution in [3.63, 3.8) is 0 Å². The van der Waals surface area contributed by atoms with E-state index >= 15 is 0 Å². The summed E-state index contributed by atoms with van der Waals surface area (Å²) in [4.78, 5) is 13.7. The van der Waals surface area contributed by atoms with Gasteiger partial charge in [0.2, 0.25) is 5.95 Å². The Balaban J connectivity index is 1.53. The summed E-state index contributed by atoms with van der Waals surface area (Å²) in [6, 6.07) is 6.07. The smallest absolute Gasteiger partial charge is 0.383 e. The first-order valence-electron chi connectivity index (χ1n) is 11.1. The molecule has 36 heavy (non-hydrogen) atoms. The minimum Gasteiger partial charge on any atom is -0.383 e. The number of rotatable bonds is 5. The van der Waals surface area contributed by atoms with E-state index < -0.39 is 30.2 Å². The normalized spacial score (nSPS) is 19.8. The van der Waals surface area contributed by atoms with Crippen molar-refractivity contribution in [2.45, 2.75) is 44.1 Å². The van der Waals surface area contributed by atoms with Gasteiger partial charge in [-0.25, -0.2) is 15.0 Å². The maximum atomic E-state index is 13.0. The highest BCUT2D eigenvalue weighted by atomic mass is 32.1. The average molecular weight is 532 g/mol. The number of nitrogens with zero attached hydrogens (tertiary/aromatic N) is 4. The highest BCUT2D eigenvalue weighted by Crippen LogP contribution is 2.39. The highest BCUT2D eigenvalue weighted by molar-refractivity contribution is 7.15. The molecule has 194 valence electrons. The van der Waals surface area contributed by atoms with Crippen molar-refractivity contribution in [3.05, 3.63) is 52.9 Å². The lowest BCUT2D eigenvalue weighted by molar-refractivity contribution is -0.146. The van der Waals surface area contributed by atoms with Gasteiger partial charge in [-0.2, -0.15) is 26.3 Å². The molecule has 1 fully saturated rings. The molecule has 2 N–H and O–H groups in total. The van der Waals surface area contributed by atoms with E-state index in [0.717, 1.165) is 17.8 Å². The Kier molecular flexibility index (Phi) is 7.26. The molecule has 1 aliphatic heterocycles. The van der Waals surface area contributed by atoms with Gasteiger partial charge in [0.25, 0.3) is 0 Å². The number of aryl methyl sites for hydroxylation is 1. The summed E-state index contributed by atoms with van der Waals surface area (Å²) in [5, 5.41) is 14.4. The molecular weight excluding hydrogens is 508 g/mol. The molecule has 0 amide bonds. The fraction of sp³-hybridized carbons (Fsp3) is 0.435. The molecule has 1 saturated heterocycles. The lowest BCUT2D eigenvalue weighted by Crippen LogP contribution is -2.36. The summed E-state index contributed by atoms with van der Waals surface area (Å²) in [6.07, 6.45) is -5.48. The molecule has 13 heteroatoms. The van der Waals surface area contributed by atoms with Crippen LogP contribution >= 0.6 is 11.3 Å². The van der Waals surface area contributed by atoms with Gasteiger partial charge in [-0.3, -0.25) is 4.90 Å². The third kappa shape index (κ3) is 6.51. The van der Waals surface area contributed by atoms with Gasteiger partial charge in [-0.05, 0) is 62.1 Å². The van der Waals surface area contributed by atoms with E-state index in [2.05, 4.69) is 20.3 Å². The summed E-state index contributed by atoms with van der Waals surface area (Å²) in [5.74, 6) is -0.206. The molecule has 0 unspecified atom stereocenters. The number of anilines is 2. The fourth-order valence-electron chi connectivity index (χ4n) is 4.13. The third-order valence-electron chi connectivity index (χ3n) is 5.78. The zero-order valence-corrected chi connectivity index (χ0v) is 19.9. The second-order valence-corrected chi connectivity index (χ2v) is 9.81. The summed E-state index contributed by atoms with van der Waals surface area (Å²) < 4.78 is 77.2. The number of alkyl halides is 6. The van der Waals surface area contributed by atoms with Crippen LogP contribution in [0.25, 0.3) is 10.4 Å². The average Bonchev–Trinajstić information content (AvgIpc) is 3.20. The van der Waals surface area contributed by atoms with Gasteiger partial charge < -0.3 is 10.4 Å². The van der Waals surface area contributed by atoms with Gasteiger partial charge in [-0.1, -0.05) is 6.07 Å². The molecule has 0 saturated carbocycles. The van der Waals surface area contributed by atoms with Crippen molar-refractivity contribution in [2.75, 3.05) is 25.0 Å². The highest BCUT2D eigenvalue weighted by Gasteiger charge is 2.38. The Bertz CT molecular complexity index is 1210. The zero-order valence-electron chi connectivity index (χ0n) is 19.1. The van der Waals surface area contributed by atoms with E-state index in [9.17, 15) is 31.4 Å². The van der Waals surface area contributed by atoms with Gasteiger partial charge in [0, 0.05) is 24.6 Å². The van der Waals surface area contributed by atoms with Crippen LogP contribution in [0.2, 0.25) is 0 Å². The van der Waals surface area contributed by atoms with Crippen LogP contribution in [0.1, 0.15) is 35.5 Å². The fourth-order valence-corrected chi connectivity index (χ4v) is 5.18. The van der Waals surface area contributed by atoms with Crippen LogP contribution in [0.3, 0.4) is 0 Å². The molecule has 1 atom stereocenters. The van der Waals surface area contributed by atoms with E-state index in [0.29, 0.717) is 34.0 Å². The van der Waals surface area contributed by atoms with Gasteiger partial charge in [0.05, 0.1) is 11.4 Å². The third-order valence-corrected chi connectivity index (χ3v) is 7.02. The Hall–Kier alpha value is -2.77. The maximum Gasteiger partial charge on any atom is 0.433 e. The predicted octanol–water partition coefficient (Wildman–Crippen LogP) is 5.91. The summed E-state index contributed by atoms with van der Waals surface area (Å²) in [7, 11) is 0. The van der Waals surface area contributed by atoms with Crippen molar-refractivity contribution >= 4 is 23.0 Å². The Morgan fingerprint density at radius 3 is 2.58 bits per heavy atom. The van der Waals surface area contributed by atoms with Crippen molar-refractivity contribution in [3.8, 4) is 10.4 Å². The first kappa shape index (κ1) is 26.3. The van der Waals surface area contributed by atoms with Gasteiger partial charge in [0.1, 0.15) is 16.3 Å². The summed E-state index contributed by atoms with van der Waals surface area (Å²) in [5.41, 5.74) is -0.405. The SMILES string of the molecule is Cc1cc(Nc2nccc(C(F)(F)F)n2)cc(-c2cnc([C@]3(O)CCCN(CC(F)(F)F)CC3)s2)c1. The first-order valence-corrected chi connectivity index (χ1v) is 11.9. The molecule has 2 aromatic heterocycles. The van der Waals surface area contributed by atoms with Crippen LogP contribution < -0.4 is 5.32 Å². The number of nitrogens with one attached hydrogen (secondary N) is 1. The molecule has 3 aromatic rings. The van der Waals surface area contributed by atoms with Crippen LogP contribution in [-0.2, 0) is 11.8 Å². The van der Waals surface area contributed by atoms with Crippen LogP contribution in [0.15, 0.2) is 36.7 Å². The number of hydrogen-bond acceptors (Lipinski definition) is 7. The van der Waals surface area contributed by atoms with Crippen molar-refractivity contribution < 1.29 is 31.4 Å². The minimum atomic E-state index is -4.60. The molecule has 6 nitrogen and oxygen atoms in total. The van der Waals surface area contributed by atoms with E-state index in [-0.39, 0.29) is 25.5 Å². The monoisotopic (exact) mass is 531 g/mol. The van der Waals surface area contributed by atoms with E-state index in [4.69, 9.17) is 0 Å². The zero-order chi connectivity index (χ0) is 26.1. The predicted molar refractivity (Wildman–Crippen MR) is 123 cm³/mol. The standard InChI is InChI=1S/C23H23F6N5OS/c1-14-9-15(11-16(10-14)32-20-30-6-3-18(33-20)23(27,28)29)17-12-31-19(36-17)21(35)4-2-7-34(8-5-21)13-22(24,25)26/h3,6,9-12,35H,2,4-5,7-8,13H2,1H3,(H,30,32,33)/t21-/m0/s1. The second kappa shape index (κ2) is 9.94. The van der Waals surface area contributed by atoms with E-state index in [1.165, 1.54) is 16.2 Å². The summed E-state index contributed by atoms with van der Waals surface area (Å²) >= 11 is 1.23. The number of benzene rings is 1. The number of aromatic nitrogens is 3. The number of aliphatic hydroxyl groups is 1. The lowest BCUT2D eigenvalue weighted by atomic mass is 9.96. The Labute approximate surface area is 207 Å². The molecule has 0 aliphatic carbocycles. The molecule has 0 radical (unpaired) electrons. The number of thiazole rings is 1. The molecule has 1 aromatic carbocycles. The number of halogens is 6. The molecule has 0 spiro atoms. The van der Waals surface area contributed by atoms with Crippen LogP contribution in [0.4, 0.5) is 38.0 Å². The Morgan fingerprint density at radius 2 is 1.86 bits per heavy atom. The van der Waals surface area contributed by atoms with Crippen molar-refractivity contribution in [2.24, 2.45) is 0 Å². The van der Waals surface area contributed by atoms with E-state index in [1.54, 1.807) is 18.3 Å². The molecular formula is C23H23F6N5OS. The van der Waals surface area contributed by atoms with Crippen LogP contribution in [-0.4, -0.2) is 50.8 Å². The molecule has 1 aliphatic rings. The second-order valence-electron chi connectivity index (χ2n) is 8.78. The lowest BCUT2D eigenvalue weighted by Gasteiger charge is -2.25. The van der Waals surface area contributed by atoms with Crippen LogP contribution in [0, 0.1) is 6.92 Å². The molecule has 4 rings (SSSR count). The maximum absolute atomic E-state index is 13.0. The van der Waals surface area contributed by atoms with Gasteiger partial charge in [0.15, 0.2) is 0 Å². The van der Waals surface area contributed by atoms with E-state index in [1.807, 2.05) is 13.0 Å². The minimum absolute atomic E-state index is 0.0976. The van der Waals surface area contributed by atoms with Crippen LogP contribution in [0.5, 0.6) is 0 Å². The topological polar surface area (TPSA) is 74.2 Å². The Morgan fingerprint density at radius 1 is 1.08 bits per heavy atom. The first-order chi connectivity index (χ1) is 16.8. The number of likely N-dealkylation sites (tertiary alicyclic amines) is 1. The van der Waals surface area contributed by atoms with Gasteiger partial charge >= 0.3 is 12.4 Å². The quantitative estimate of drug-likeness (QED) is 0.399. The van der Waals surface area contributed by atoms with Crippen molar-refractivity contribution in [1.29, 1.82) is 0 Å².